The van der Waals surface area contributed by atoms with Crippen molar-refractivity contribution in [1.82, 2.24) is 24.5 Å². The van der Waals surface area contributed by atoms with Gasteiger partial charge >= 0.3 is 19.6 Å². The summed E-state index contributed by atoms with van der Waals surface area (Å²) in [4.78, 5) is 41.8. The van der Waals surface area contributed by atoms with Crippen molar-refractivity contribution >= 4 is 57.0 Å². The second kappa shape index (κ2) is 12.3. The molecule has 0 saturated carbocycles. The minimum Gasteiger partial charge on any atom is -0.452 e. The maximum Gasteiger partial charge on any atom is 0.396 e. The molecule has 0 amide bonds. The molecule has 0 aliphatic carbocycles. The molecule has 205 valence electrons. The molecule has 2 aromatic carbocycles. The van der Waals surface area contributed by atoms with E-state index in [9.17, 15) is 14.6 Å². The summed E-state index contributed by atoms with van der Waals surface area (Å²) in [5.41, 5.74) is 6.67. The van der Waals surface area contributed by atoms with Gasteiger partial charge in [0.1, 0.15) is 11.6 Å². The standard InChI is InChI=1S/C25H24BClN6O6P/c1-13(40-32-26-36)17-18(38-23(34)14-8-4-2-5-9-14)19(39-24(35)15-10-6-3-7-11-15)22(37-17)33-12-29-16-20(27)30-25(28)31-21(16)33/h2-13,17-19,22,32,36,40H,1H3,(H2,28,30,31)/t13-,17+,18+,19+,22+/m0/s1. The van der Waals surface area contributed by atoms with Crippen molar-refractivity contribution in [2.75, 3.05) is 5.73 Å². The van der Waals surface area contributed by atoms with E-state index in [1.165, 1.54) is 10.9 Å². The number of aromatic nitrogens is 4. The number of benzene rings is 2. The van der Waals surface area contributed by atoms with Crippen molar-refractivity contribution in [3.8, 4) is 0 Å². The van der Waals surface area contributed by atoms with Crippen LogP contribution in [0.1, 0.15) is 33.9 Å². The first-order valence-electron chi connectivity index (χ1n) is 12.2. The third-order valence-corrected chi connectivity index (χ3v) is 7.61. The first kappa shape index (κ1) is 27.9. The van der Waals surface area contributed by atoms with Gasteiger partial charge in [-0.3, -0.25) is 4.57 Å². The second-order valence-electron chi connectivity index (χ2n) is 8.87. The number of halogens is 1. The van der Waals surface area contributed by atoms with Crippen LogP contribution in [0.3, 0.4) is 0 Å². The zero-order chi connectivity index (χ0) is 28.2. The molecule has 2 aromatic heterocycles. The zero-order valence-electron chi connectivity index (χ0n) is 21.0. The lowest BCUT2D eigenvalue weighted by Crippen LogP contribution is -2.42. The van der Waals surface area contributed by atoms with Crippen LogP contribution in [0, 0.1) is 0 Å². The normalized spacial score (nSPS) is 21.5. The molecular weight excluding hydrogens is 558 g/mol. The number of esters is 2. The van der Waals surface area contributed by atoms with E-state index in [1.807, 2.05) is 6.92 Å². The molecule has 12 nitrogen and oxygen atoms in total. The minimum absolute atomic E-state index is 0.0243. The Hall–Kier alpha value is -3.61. The third kappa shape index (κ3) is 5.79. The SMILES string of the molecule is C[C@H](PN[B]O)[C@H]1O[C@@H](n2cnc3c(Cl)nc(N)nc32)[C@H](OC(=O)c2ccccc2)[C@@H]1OC(=O)c1ccccc1. The Labute approximate surface area is 236 Å². The second-order valence-corrected chi connectivity index (χ2v) is 10.7. The molecule has 3 heterocycles. The smallest absolute Gasteiger partial charge is 0.396 e. The molecule has 40 heavy (non-hydrogen) atoms. The van der Waals surface area contributed by atoms with E-state index in [0.717, 1.165) is 7.62 Å². The van der Waals surface area contributed by atoms with Gasteiger partial charge in [0.05, 0.1) is 17.5 Å². The number of carbonyl (C=O) groups excluding carboxylic acids is 2. The summed E-state index contributed by atoms with van der Waals surface area (Å²) in [6.07, 6.45) is -2.58. The number of fused-ring (bicyclic) bond motifs is 1. The first-order valence-corrected chi connectivity index (χ1v) is 13.6. The molecule has 15 heteroatoms. The highest BCUT2D eigenvalue weighted by Gasteiger charge is 2.53. The molecule has 1 unspecified atom stereocenters. The van der Waals surface area contributed by atoms with Gasteiger partial charge in [-0.05, 0) is 24.3 Å². The Kier molecular flexibility index (Phi) is 8.58. The molecule has 1 aliphatic rings. The molecule has 4 aromatic rings. The van der Waals surface area contributed by atoms with Gasteiger partial charge in [-0.2, -0.15) is 9.97 Å². The number of ether oxygens (including phenoxy) is 3. The number of hydrogen-bond donors (Lipinski definition) is 3. The monoisotopic (exact) mass is 581 g/mol. The highest BCUT2D eigenvalue weighted by Crippen LogP contribution is 2.41. The minimum atomic E-state index is -1.14. The Morgan fingerprint density at radius 1 is 1.07 bits per heavy atom. The van der Waals surface area contributed by atoms with Crippen molar-refractivity contribution in [1.29, 1.82) is 0 Å². The number of carbonyl (C=O) groups is 2. The predicted molar refractivity (Wildman–Crippen MR) is 149 cm³/mol. The number of anilines is 1. The lowest BCUT2D eigenvalue weighted by atomic mass is 10.1. The quantitative estimate of drug-likeness (QED) is 0.115. The first-order chi connectivity index (χ1) is 19.4. The summed E-state index contributed by atoms with van der Waals surface area (Å²) in [6, 6.07) is 16.9. The van der Waals surface area contributed by atoms with Crippen LogP contribution in [0.5, 0.6) is 0 Å². The molecule has 5 rings (SSSR count). The molecule has 0 bridgehead atoms. The van der Waals surface area contributed by atoms with E-state index in [1.54, 1.807) is 60.7 Å². The van der Waals surface area contributed by atoms with E-state index in [0.29, 0.717) is 11.1 Å². The number of nitrogens with two attached hydrogens (primary N) is 1. The van der Waals surface area contributed by atoms with Crippen molar-refractivity contribution < 1.29 is 28.8 Å². The number of hydrogen-bond acceptors (Lipinski definition) is 11. The van der Waals surface area contributed by atoms with Crippen LogP contribution in [0.15, 0.2) is 67.0 Å². The van der Waals surface area contributed by atoms with Gasteiger partial charge in [-0.15, -0.1) is 0 Å². The van der Waals surface area contributed by atoms with Crippen LogP contribution in [0.25, 0.3) is 11.2 Å². The molecule has 1 fully saturated rings. The summed E-state index contributed by atoms with van der Waals surface area (Å²) < 4.78 is 20.0. The number of nitrogens with zero attached hydrogens (tertiary/aromatic N) is 4. The van der Waals surface area contributed by atoms with E-state index >= 15 is 0 Å². The van der Waals surface area contributed by atoms with Crippen molar-refractivity contribution in [2.24, 2.45) is 0 Å². The highest BCUT2D eigenvalue weighted by molar-refractivity contribution is 7.38. The number of rotatable bonds is 9. The molecule has 6 atom stereocenters. The fourth-order valence-corrected chi connectivity index (χ4v) is 5.41. The van der Waals surface area contributed by atoms with Crippen LogP contribution >= 0.6 is 20.3 Å². The molecule has 1 aliphatic heterocycles. The topological polar surface area (TPSA) is 164 Å². The molecule has 4 N–H and O–H groups in total. The van der Waals surface area contributed by atoms with Gasteiger partial charge in [-0.1, -0.05) is 63.7 Å². The zero-order valence-corrected chi connectivity index (χ0v) is 22.8. The average Bonchev–Trinajstić information content (AvgIpc) is 3.54. The number of nitrogens with one attached hydrogen (secondary N) is 1. The van der Waals surface area contributed by atoms with Crippen LogP contribution in [-0.4, -0.2) is 68.1 Å². The van der Waals surface area contributed by atoms with E-state index in [-0.39, 0.29) is 36.7 Å². The van der Waals surface area contributed by atoms with E-state index in [2.05, 4.69) is 20.0 Å². The molecular formula is C25H24BClN6O6P. The molecule has 1 radical (unpaired) electrons. The average molecular weight is 582 g/mol. The Morgan fingerprint density at radius 3 is 2.27 bits per heavy atom. The van der Waals surface area contributed by atoms with Crippen LogP contribution in [0.4, 0.5) is 5.95 Å². The van der Waals surface area contributed by atoms with Crippen molar-refractivity contribution in [2.45, 2.75) is 37.1 Å². The fourth-order valence-electron chi connectivity index (χ4n) is 4.42. The van der Waals surface area contributed by atoms with Crippen molar-refractivity contribution in [3.05, 3.63) is 83.3 Å². The summed E-state index contributed by atoms with van der Waals surface area (Å²) in [5, 5.41) is 9.25. The Balaban J connectivity index is 1.58. The maximum atomic E-state index is 13.3. The van der Waals surface area contributed by atoms with Gasteiger partial charge in [0.2, 0.25) is 5.95 Å². The summed E-state index contributed by atoms with van der Waals surface area (Å²) in [7, 11) is 0.799. The van der Waals surface area contributed by atoms with Gasteiger partial charge in [-0.25, -0.2) is 14.6 Å². The largest absolute Gasteiger partial charge is 0.452 e. The highest BCUT2D eigenvalue weighted by atomic mass is 35.5. The van der Waals surface area contributed by atoms with Crippen LogP contribution < -0.4 is 10.7 Å². The van der Waals surface area contributed by atoms with E-state index in [4.69, 9.17) is 31.5 Å². The summed E-state index contributed by atoms with van der Waals surface area (Å²) in [6.45, 7) is 1.85. The van der Waals surface area contributed by atoms with Crippen LogP contribution in [0.2, 0.25) is 5.15 Å². The number of imidazole rings is 1. The van der Waals surface area contributed by atoms with Gasteiger partial charge in [0.15, 0.2) is 29.2 Å². The maximum absolute atomic E-state index is 13.3. The third-order valence-electron chi connectivity index (χ3n) is 6.27. The Bertz CT molecular complexity index is 1500. The lowest BCUT2D eigenvalue weighted by molar-refractivity contribution is -0.0486. The Morgan fingerprint density at radius 2 is 1.68 bits per heavy atom. The molecule has 0 spiro atoms. The van der Waals surface area contributed by atoms with Crippen LogP contribution in [-0.2, 0) is 14.2 Å². The number of nitrogen functional groups attached to an aromatic ring is 1. The van der Waals surface area contributed by atoms with Gasteiger partial charge in [0, 0.05) is 5.66 Å². The fraction of sp³-hybridized carbons (Fsp3) is 0.240. The summed E-state index contributed by atoms with van der Waals surface area (Å²) >= 11 is 6.25. The predicted octanol–water partition coefficient (Wildman–Crippen LogP) is 2.51. The van der Waals surface area contributed by atoms with E-state index < -0.39 is 36.5 Å². The van der Waals surface area contributed by atoms with Gasteiger partial charge in [0.25, 0.3) is 0 Å². The van der Waals surface area contributed by atoms with Gasteiger partial charge < -0.3 is 30.0 Å². The molecule has 1 saturated heterocycles. The van der Waals surface area contributed by atoms with Crippen molar-refractivity contribution in [3.63, 3.8) is 0 Å². The summed E-state index contributed by atoms with van der Waals surface area (Å²) in [5.74, 6) is -1.35. The lowest BCUT2D eigenvalue weighted by Gasteiger charge is -2.27.